The molecule has 5 heterocycles. The van der Waals surface area contributed by atoms with E-state index in [0.29, 0.717) is 19.3 Å². The summed E-state index contributed by atoms with van der Waals surface area (Å²) in [5, 5.41) is 11.4. The van der Waals surface area contributed by atoms with Crippen LogP contribution in [0.4, 0.5) is 4.79 Å². The average Bonchev–Trinajstić information content (AvgIpc) is 3.83. The van der Waals surface area contributed by atoms with Crippen LogP contribution in [0.1, 0.15) is 93.9 Å². The minimum absolute atomic E-state index is 0.110. The van der Waals surface area contributed by atoms with Crippen molar-refractivity contribution in [3.63, 3.8) is 0 Å². The van der Waals surface area contributed by atoms with E-state index in [1.54, 1.807) is 51.3 Å². The van der Waals surface area contributed by atoms with E-state index in [0.717, 1.165) is 11.3 Å². The van der Waals surface area contributed by atoms with Gasteiger partial charge in [-0.2, -0.15) is 0 Å². The highest BCUT2D eigenvalue weighted by Gasteiger charge is 2.59. The molecule has 15 heteroatoms. The molecule has 1 amide bonds. The first-order valence-electron chi connectivity index (χ1n) is 21.3. The van der Waals surface area contributed by atoms with E-state index in [9.17, 15) is 24.3 Å². The van der Waals surface area contributed by atoms with Gasteiger partial charge in [0.25, 0.3) is 0 Å². The Bertz CT molecular complexity index is 1840. The maximum absolute atomic E-state index is 14.6. The fraction of sp³-hybridized carbons (Fsp3) is 0.689. The SMILES string of the molecule is C=C[C@]12OC(=O)N(CCCC(C)(C)n3cnc(-c4cccnc4)c3)[C@@H]1CC(=O)[C@H](C)C[C@@](C)(OC)[C@H](OC1O[C@H](C)C[C@H](N(C)C)[C@H]1O)[C@@H](C)C(=O)[C@@H](C)C(=O)O[C@@H]2CC. The normalized spacial score (nSPS) is 34.9. The molecule has 2 aromatic rings. The molecule has 2 aromatic heterocycles. The highest BCUT2D eigenvalue weighted by atomic mass is 16.7. The molecule has 0 bridgehead atoms. The van der Waals surface area contributed by atoms with Crippen molar-refractivity contribution in [2.75, 3.05) is 27.7 Å². The number of nitrogens with zero attached hydrogens (tertiary/aromatic N) is 5. The van der Waals surface area contributed by atoms with Gasteiger partial charge in [-0.1, -0.05) is 27.4 Å². The summed E-state index contributed by atoms with van der Waals surface area (Å²) in [4.78, 5) is 69.2. The molecule has 3 aliphatic rings. The highest BCUT2D eigenvalue weighted by Crippen LogP contribution is 2.42. The van der Waals surface area contributed by atoms with Gasteiger partial charge in [0.1, 0.15) is 23.9 Å². The monoisotopic (exact) mass is 837 g/mol. The molecule has 332 valence electrons. The second kappa shape index (κ2) is 18.9. The number of likely N-dealkylation sites (N-methyl/N-ethyl adjacent to an activating group) is 1. The van der Waals surface area contributed by atoms with E-state index in [-0.39, 0.29) is 43.7 Å². The lowest BCUT2D eigenvalue weighted by Gasteiger charge is -2.47. The van der Waals surface area contributed by atoms with Crippen molar-refractivity contribution in [3.8, 4) is 11.3 Å². The van der Waals surface area contributed by atoms with Gasteiger partial charge in [-0.3, -0.25) is 19.4 Å². The van der Waals surface area contributed by atoms with Crippen molar-refractivity contribution < 1.29 is 48.0 Å². The Balaban J connectivity index is 1.46. The van der Waals surface area contributed by atoms with Crippen LogP contribution < -0.4 is 0 Å². The molecular formula is C45H67N5O10. The minimum Gasteiger partial charge on any atom is -0.457 e. The molecule has 12 atom stereocenters. The molecule has 3 saturated heterocycles. The summed E-state index contributed by atoms with van der Waals surface area (Å²) < 4.78 is 33.3. The van der Waals surface area contributed by atoms with Gasteiger partial charge in [-0.15, -0.1) is 0 Å². The van der Waals surface area contributed by atoms with Crippen molar-refractivity contribution in [1.29, 1.82) is 0 Å². The van der Waals surface area contributed by atoms with E-state index >= 15 is 0 Å². The number of Topliss-reactive ketones (excluding diaryl/α,β-unsaturated/α-hetero) is 2. The Kier molecular flexibility index (Phi) is 14.8. The number of esters is 1. The number of pyridine rings is 1. The third kappa shape index (κ3) is 9.55. The summed E-state index contributed by atoms with van der Waals surface area (Å²) in [6, 6.07) is 2.64. The molecule has 1 N–H and O–H groups in total. The number of carbonyl (C=O) groups is 4. The summed E-state index contributed by atoms with van der Waals surface area (Å²) in [6.07, 6.45) is 5.41. The number of aliphatic hydroxyl groups excluding tert-OH is 1. The molecule has 0 saturated carbocycles. The standard InChI is InChI=1S/C45H67N5O10/c1-13-36-45(14-2)35(50(42(55)60-45)20-16-18-43(7,8)49-25-32(47-26-49)31-17-15-19-46-24-31)22-34(51)27(3)23-44(9,56-12)39(29(5)37(52)30(6)40(54)58-36)59-41-38(53)33(48(10)11)21-28(4)57-41/h14-15,17,19,24-30,33,35-36,38-39,41,53H,2,13,16,18,20-23H2,1,3-12H3/t27-,28-,29+,30-,33+,35-,36-,38-,39-,41?,44-,45+/m1/s1. The Morgan fingerprint density at radius 1 is 1.15 bits per heavy atom. The number of aliphatic hydroxyl groups is 1. The van der Waals surface area contributed by atoms with E-state index < -0.39 is 83.0 Å². The van der Waals surface area contributed by atoms with Crippen molar-refractivity contribution in [2.24, 2.45) is 17.8 Å². The molecule has 60 heavy (non-hydrogen) atoms. The van der Waals surface area contributed by atoms with Gasteiger partial charge in [0, 0.05) is 67.6 Å². The number of amides is 1. The maximum Gasteiger partial charge on any atom is 0.411 e. The fourth-order valence-electron chi connectivity index (χ4n) is 9.30. The van der Waals surface area contributed by atoms with Crippen LogP contribution in [0.15, 0.2) is 49.7 Å². The van der Waals surface area contributed by atoms with Crippen molar-refractivity contribution in [2.45, 2.75) is 153 Å². The number of hydrogen-bond donors (Lipinski definition) is 1. The summed E-state index contributed by atoms with van der Waals surface area (Å²) in [6.45, 7) is 18.8. The number of ether oxygens (including phenoxy) is 5. The van der Waals surface area contributed by atoms with Crippen LogP contribution in [0.25, 0.3) is 11.3 Å². The van der Waals surface area contributed by atoms with Gasteiger partial charge in [0.15, 0.2) is 17.7 Å². The largest absolute Gasteiger partial charge is 0.457 e. The Morgan fingerprint density at radius 3 is 2.48 bits per heavy atom. The Labute approximate surface area is 355 Å². The quantitative estimate of drug-likeness (QED) is 0.160. The Morgan fingerprint density at radius 2 is 1.87 bits per heavy atom. The molecule has 0 aliphatic carbocycles. The number of carbonyl (C=O) groups excluding carboxylic acids is 4. The zero-order chi connectivity index (χ0) is 44.3. The predicted molar refractivity (Wildman–Crippen MR) is 224 cm³/mol. The van der Waals surface area contributed by atoms with Gasteiger partial charge in [-0.05, 0) is 99.0 Å². The smallest absolute Gasteiger partial charge is 0.411 e. The average molecular weight is 838 g/mol. The third-order valence-electron chi connectivity index (χ3n) is 13.2. The van der Waals surface area contributed by atoms with E-state index in [1.165, 1.54) is 20.1 Å². The molecule has 3 aliphatic heterocycles. The van der Waals surface area contributed by atoms with Crippen LogP contribution in [0.5, 0.6) is 0 Å². The maximum atomic E-state index is 14.6. The van der Waals surface area contributed by atoms with E-state index in [4.69, 9.17) is 23.7 Å². The molecule has 1 unspecified atom stereocenters. The summed E-state index contributed by atoms with van der Waals surface area (Å²) in [5.74, 6) is -4.38. The summed E-state index contributed by atoms with van der Waals surface area (Å²) in [7, 11) is 5.22. The lowest BCUT2D eigenvalue weighted by Crippen LogP contribution is -2.59. The predicted octanol–water partition coefficient (Wildman–Crippen LogP) is 5.58. The van der Waals surface area contributed by atoms with Gasteiger partial charge < -0.3 is 43.2 Å². The van der Waals surface area contributed by atoms with Crippen LogP contribution in [0.2, 0.25) is 0 Å². The second-order valence-corrected chi connectivity index (χ2v) is 18.1. The Hall–Kier alpha value is -4.02. The fourth-order valence-corrected chi connectivity index (χ4v) is 9.30. The third-order valence-corrected chi connectivity index (χ3v) is 13.2. The van der Waals surface area contributed by atoms with Crippen LogP contribution in [-0.4, -0.2) is 135 Å². The first-order chi connectivity index (χ1) is 28.2. The van der Waals surface area contributed by atoms with Gasteiger partial charge in [0.05, 0.1) is 35.9 Å². The number of aromatic nitrogens is 3. The number of rotatable bonds is 12. The van der Waals surface area contributed by atoms with Gasteiger partial charge in [-0.25, -0.2) is 9.78 Å². The zero-order valence-electron chi connectivity index (χ0n) is 37.3. The molecular weight excluding hydrogens is 771 g/mol. The topological polar surface area (TPSA) is 172 Å². The number of imidazole rings is 1. The summed E-state index contributed by atoms with van der Waals surface area (Å²) in [5.41, 5.74) is -1.57. The van der Waals surface area contributed by atoms with Crippen LogP contribution in [0, 0.1) is 17.8 Å². The molecule has 3 fully saturated rings. The zero-order valence-corrected chi connectivity index (χ0v) is 37.3. The number of cyclic esters (lactones) is 1. The van der Waals surface area contributed by atoms with E-state index in [2.05, 4.69) is 30.4 Å². The summed E-state index contributed by atoms with van der Waals surface area (Å²) >= 11 is 0. The molecule has 5 rings (SSSR count). The lowest BCUT2D eigenvalue weighted by atomic mass is 9.76. The highest BCUT2D eigenvalue weighted by molar-refractivity contribution is 6.00. The second-order valence-electron chi connectivity index (χ2n) is 18.1. The number of methoxy groups -OCH3 is 1. The first kappa shape index (κ1) is 47.0. The van der Waals surface area contributed by atoms with Crippen LogP contribution >= 0.6 is 0 Å². The van der Waals surface area contributed by atoms with Gasteiger partial charge in [0.2, 0.25) is 0 Å². The van der Waals surface area contributed by atoms with Crippen LogP contribution in [-0.2, 0) is 43.6 Å². The van der Waals surface area contributed by atoms with Crippen LogP contribution in [0.3, 0.4) is 0 Å². The van der Waals surface area contributed by atoms with Crippen molar-refractivity contribution in [1.82, 2.24) is 24.3 Å². The number of ketones is 2. The number of fused-ring (bicyclic) bond motifs is 1. The van der Waals surface area contributed by atoms with Crippen molar-refractivity contribution in [3.05, 3.63) is 49.7 Å². The molecule has 0 radical (unpaired) electrons. The first-order valence-corrected chi connectivity index (χ1v) is 21.3. The molecule has 15 nitrogen and oxygen atoms in total. The molecule has 0 aromatic carbocycles. The lowest BCUT2D eigenvalue weighted by molar-refractivity contribution is -0.295. The minimum atomic E-state index is -1.59. The number of hydrogen-bond acceptors (Lipinski definition) is 13. The van der Waals surface area contributed by atoms with Gasteiger partial charge >= 0.3 is 12.1 Å². The van der Waals surface area contributed by atoms with Crippen molar-refractivity contribution >= 4 is 23.6 Å². The van der Waals surface area contributed by atoms with E-state index in [1.807, 2.05) is 48.8 Å². The molecule has 0 spiro atoms.